The van der Waals surface area contributed by atoms with Gasteiger partial charge in [0, 0.05) is 22.9 Å². The number of aromatic hydroxyl groups is 1. The molecule has 1 aromatic carbocycles. The molecule has 33 heavy (non-hydrogen) atoms. The summed E-state index contributed by atoms with van der Waals surface area (Å²) in [6, 6.07) is 3.25. The largest absolute Gasteiger partial charge is 0.503 e. The number of nitrogens with one attached hydrogen (secondary N) is 1. The van der Waals surface area contributed by atoms with Gasteiger partial charge in [0.2, 0.25) is 0 Å². The summed E-state index contributed by atoms with van der Waals surface area (Å²) in [6.45, 7) is 7.53. The van der Waals surface area contributed by atoms with Gasteiger partial charge in [-0.1, -0.05) is 6.92 Å². The molecule has 3 atom stereocenters. The smallest absolute Gasteiger partial charge is 0.336 e. The number of ketones is 1. The Morgan fingerprint density at radius 1 is 1.24 bits per heavy atom. The third-order valence-corrected chi connectivity index (χ3v) is 6.53. The van der Waals surface area contributed by atoms with E-state index in [-0.39, 0.29) is 29.6 Å². The van der Waals surface area contributed by atoms with Crippen LogP contribution in [0.15, 0.2) is 39.1 Å². The van der Waals surface area contributed by atoms with Gasteiger partial charge in [0.05, 0.1) is 30.4 Å². The predicted octanol–water partition coefficient (Wildman–Crippen LogP) is 3.73. The van der Waals surface area contributed by atoms with Crippen LogP contribution in [0.2, 0.25) is 0 Å². The van der Waals surface area contributed by atoms with Crippen molar-refractivity contribution in [2.24, 2.45) is 11.8 Å². The molecule has 1 aliphatic carbocycles. The van der Waals surface area contributed by atoms with Gasteiger partial charge in [-0.2, -0.15) is 0 Å². The van der Waals surface area contributed by atoms with E-state index in [1.807, 2.05) is 6.92 Å². The second kappa shape index (κ2) is 9.99. The Hall–Kier alpha value is -2.81. The number of methoxy groups -OCH3 is 1. The van der Waals surface area contributed by atoms with E-state index in [1.54, 1.807) is 32.9 Å². The van der Waals surface area contributed by atoms with Crippen LogP contribution >= 0.6 is 15.9 Å². The fourth-order valence-electron chi connectivity index (χ4n) is 4.52. The molecule has 0 radical (unpaired) electrons. The lowest BCUT2D eigenvalue weighted by molar-refractivity contribution is -0.151. The molecule has 0 saturated heterocycles. The SMILES string of the molecule is CCOC(=O)C1=C(C)NC2=C(C(=O)C(C(=O)OC)C(C)C2)C1c1cc(Br)c(O)c(OCC)c1. The summed E-state index contributed by atoms with van der Waals surface area (Å²) >= 11 is 3.34. The quantitative estimate of drug-likeness (QED) is 0.430. The maximum absolute atomic E-state index is 13.7. The lowest BCUT2D eigenvalue weighted by atomic mass is 9.69. The van der Waals surface area contributed by atoms with Crippen LogP contribution < -0.4 is 10.1 Å². The van der Waals surface area contributed by atoms with E-state index in [0.29, 0.717) is 40.0 Å². The molecule has 0 saturated carbocycles. The van der Waals surface area contributed by atoms with Crippen molar-refractivity contribution in [1.29, 1.82) is 0 Å². The summed E-state index contributed by atoms with van der Waals surface area (Å²) in [5, 5.41) is 13.6. The number of phenolic OH excluding ortho intramolecular Hbond substituents is 1. The van der Waals surface area contributed by atoms with Crippen molar-refractivity contribution in [1.82, 2.24) is 5.32 Å². The van der Waals surface area contributed by atoms with Gasteiger partial charge in [-0.3, -0.25) is 9.59 Å². The van der Waals surface area contributed by atoms with Crippen LogP contribution in [0.4, 0.5) is 0 Å². The molecular weight excluding hydrogens is 494 g/mol. The standard InChI is InChI=1S/C24H28BrNO7/c1-6-32-16-10-13(9-14(25)21(16)27)19-18(24(30)33-7-2)12(4)26-15-8-11(3)17(23(29)31-5)22(28)20(15)19/h9-11,17,19,26-27H,6-8H2,1-5H3. The Kier molecular flexibility index (Phi) is 7.51. The number of rotatable bonds is 6. The Labute approximate surface area is 201 Å². The Balaban J connectivity index is 2.26. The van der Waals surface area contributed by atoms with Crippen LogP contribution in [0, 0.1) is 11.8 Å². The van der Waals surface area contributed by atoms with Gasteiger partial charge in [0.25, 0.3) is 0 Å². The Morgan fingerprint density at radius 3 is 2.55 bits per heavy atom. The zero-order valence-electron chi connectivity index (χ0n) is 19.3. The van der Waals surface area contributed by atoms with Gasteiger partial charge in [0.1, 0.15) is 5.92 Å². The molecule has 3 unspecified atom stereocenters. The van der Waals surface area contributed by atoms with E-state index >= 15 is 0 Å². The monoisotopic (exact) mass is 521 g/mol. The van der Waals surface area contributed by atoms with Crippen LogP contribution in [-0.2, 0) is 23.9 Å². The van der Waals surface area contributed by atoms with Crippen molar-refractivity contribution < 1.29 is 33.7 Å². The van der Waals surface area contributed by atoms with Gasteiger partial charge < -0.3 is 24.6 Å². The van der Waals surface area contributed by atoms with E-state index < -0.39 is 29.6 Å². The fraction of sp³-hybridized carbons (Fsp3) is 0.458. The molecular formula is C24H28BrNO7. The molecule has 3 rings (SSSR count). The molecule has 1 heterocycles. The number of allylic oxidation sites excluding steroid dienone is 3. The number of esters is 2. The molecule has 8 nitrogen and oxygen atoms in total. The Bertz CT molecular complexity index is 1060. The first kappa shape index (κ1) is 24.8. The van der Waals surface area contributed by atoms with E-state index in [2.05, 4.69) is 21.2 Å². The van der Waals surface area contributed by atoms with Gasteiger partial charge in [0.15, 0.2) is 17.3 Å². The number of phenols is 1. The average molecular weight is 522 g/mol. The lowest BCUT2D eigenvalue weighted by Crippen LogP contribution is -2.43. The molecule has 0 bridgehead atoms. The minimum atomic E-state index is -0.980. The maximum atomic E-state index is 13.7. The molecule has 0 fully saturated rings. The fourth-order valence-corrected chi connectivity index (χ4v) is 4.98. The highest BCUT2D eigenvalue weighted by molar-refractivity contribution is 9.10. The number of benzene rings is 1. The number of ether oxygens (including phenoxy) is 3. The molecule has 0 spiro atoms. The first-order valence-corrected chi connectivity index (χ1v) is 11.6. The summed E-state index contributed by atoms with van der Waals surface area (Å²) in [4.78, 5) is 39.2. The Morgan fingerprint density at radius 2 is 1.94 bits per heavy atom. The van der Waals surface area contributed by atoms with Gasteiger partial charge in [-0.25, -0.2) is 4.79 Å². The minimum absolute atomic E-state index is 0.0850. The van der Waals surface area contributed by atoms with Crippen LogP contribution in [-0.4, -0.2) is 43.2 Å². The highest BCUT2D eigenvalue weighted by Gasteiger charge is 2.47. The maximum Gasteiger partial charge on any atom is 0.336 e. The molecule has 0 amide bonds. The van der Waals surface area contributed by atoms with Crippen molar-refractivity contribution in [3.8, 4) is 11.5 Å². The second-order valence-electron chi connectivity index (χ2n) is 8.04. The van der Waals surface area contributed by atoms with Crippen LogP contribution in [0.1, 0.15) is 45.6 Å². The topological polar surface area (TPSA) is 111 Å². The average Bonchev–Trinajstić information content (AvgIpc) is 2.75. The zero-order valence-corrected chi connectivity index (χ0v) is 20.9. The first-order chi connectivity index (χ1) is 15.7. The number of dihydropyridines is 1. The molecule has 1 aromatic rings. The number of carbonyl (C=O) groups excluding carboxylic acids is 3. The summed E-state index contributed by atoms with van der Waals surface area (Å²) in [7, 11) is 1.25. The van der Waals surface area contributed by atoms with E-state index in [0.717, 1.165) is 0 Å². The molecule has 1 aliphatic heterocycles. The molecule has 178 valence electrons. The molecule has 0 aromatic heterocycles. The minimum Gasteiger partial charge on any atom is -0.503 e. The number of hydrogen-bond donors (Lipinski definition) is 2. The highest BCUT2D eigenvalue weighted by atomic mass is 79.9. The molecule has 9 heteroatoms. The number of carbonyl (C=O) groups is 3. The van der Waals surface area contributed by atoms with Crippen LogP contribution in [0.3, 0.4) is 0 Å². The lowest BCUT2D eigenvalue weighted by Gasteiger charge is -2.38. The van der Waals surface area contributed by atoms with Crippen LogP contribution in [0.25, 0.3) is 0 Å². The van der Waals surface area contributed by atoms with Crippen molar-refractivity contribution in [2.45, 2.75) is 40.0 Å². The summed E-state index contributed by atoms with van der Waals surface area (Å²) in [6.07, 6.45) is 0.433. The highest BCUT2D eigenvalue weighted by Crippen LogP contribution is 2.48. The van der Waals surface area contributed by atoms with E-state index in [1.165, 1.54) is 7.11 Å². The van der Waals surface area contributed by atoms with Crippen molar-refractivity contribution >= 4 is 33.7 Å². The normalized spacial score (nSPS) is 22.5. The predicted molar refractivity (Wildman–Crippen MR) is 124 cm³/mol. The van der Waals surface area contributed by atoms with E-state index in [4.69, 9.17) is 14.2 Å². The van der Waals surface area contributed by atoms with Crippen molar-refractivity contribution in [2.75, 3.05) is 20.3 Å². The van der Waals surface area contributed by atoms with Gasteiger partial charge in [-0.05, 0) is 66.7 Å². The summed E-state index contributed by atoms with van der Waals surface area (Å²) in [5.41, 5.74) is 2.35. The summed E-state index contributed by atoms with van der Waals surface area (Å²) in [5.74, 6) is -3.52. The molecule has 2 N–H and O–H groups in total. The van der Waals surface area contributed by atoms with E-state index in [9.17, 15) is 19.5 Å². The van der Waals surface area contributed by atoms with Crippen molar-refractivity contribution in [3.63, 3.8) is 0 Å². The third kappa shape index (κ3) is 4.51. The zero-order chi connectivity index (χ0) is 24.4. The third-order valence-electron chi connectivity index (χ3n) is 5.92. The van der Waals surface area contributed by atoms with Gasteiger partial charge in [-0.15, -0.1) is 0 Å². The number of hydrogen-bond acceptors (Lipinski definition) is 8. The number of halogens is 1. The summed E-state index contributed by atoms with van der Waals surface area (Å²) < 4.78 is 16.1. The first-order valence-electron chi connectivity index (χ1n) is 10.8. The molecule has 2 aliphatic rings. The van der Waals surface area contributed by atoms with Crippen molar-refractivity contribution in [3.05, 3.63) is 44.7 Å². The van der Waals surface area contributed by atoms with Crippen LogP contribution in [0.5, 0.6) is 11.5 Å². The van der Waals surface area contributed by atoms with Gasteiger partial charge >= 0.3 is 11.9 Å². The number of Topliss-reactive ketones (excluding diaryl/α,β-unsaturated/α-hetero) is 1. The second-order valence-corrected chi connectivity index (χ2v) is 8.89.